The SMILES string of the molecule is CCCC1(C)CCCN(c2ccc(S(N)(=O)=O)cc2C(=O)OC)C1. The first kappa shape index (κ1) is 18.7. The minimum atomic E-state index is -3.87. The van der Waals surface area contributed by atoms with Gasteiger partial charge in [-0.05, 0) is 42.9 Å². The summed E-state index contributed by atoms with van der Waals surface area (Å²) in [6.07, 6.45) is 4.42. The van der Waals surface area contributed by atoms with Crippen molar-refractivity contribution in [2.75, 3.05) is 25.1 Å². The zero-order chi connectivity index (χ0) is 18.0. The highest BCUT2D eigenvalue weighted by molar-refractivity contribution is 7.89. The van der Waals surface area contributed by atoms with E-state index in [-0.39, 0.29) is 15.9 Å². The lowest BCUT2D eigenvalue weighted by Crippen LogP contribution is -2.42. The molecule has 0 radical (unpaired) electrons. The van der Waals surface area contributed by atoms with Gasteiger partial charge in [0, 0.05) is 13.1 Å². The van der Waals surface area contributed by atoms with Crippen molar-refractivity contribution in [2.24, 2.45) is 10.6 Å². The van der Waals surface area contributed by atoms with Crippen molar-refractivity contribution >= 4 is 21.7 Å². The van der Waals surface area contributed by atoms with Crippen LogP contribution < -0.4 is 10.0 Å². The van der Waals surface area contributed by atoms with Crippen molar-refractivity contribution in [2.45, 2.75) is 44.4 Å². The fourth-order valence-electron chi connectivity index (χ4n) is 3.57. The van der Waals surface area contributed by atoms with Crippen LogP contribution in [0.5, 0.6) is 0 Å². The average molecular weight is 354 g/mol. The van der Waals surface area contributed by atoms with E-state index in [2.05, 4.69) is 18.7 Å². The summed E-state index contributed by atoms with van der Waals surface area (Å²) >= 11 is 0. The van der Waals surface area contributed by atoms with Crippen LogP contribution in [0, 0.1) is 5.41 Å². The Bertz CT molecular complexity index is 713. The maximum absolute atomic E-state index is 12.2. The number of hydrogen-bond donors (Lipinski definition) is 1. The second-order valence-electron chi connectivity index (χ2n) is 6.80. The predicted octanol–water partition coefficient (Wildman–Crippen LogP) is 2.53. The molecule has 1 atom stereocenters. The monoisotopic (exact) mass is 354 g/mol. The molecule has 1 saturated heterocycles. The third kappa shape index (κ3) is 4.08. The summed E-state index contributed by atoms with van der Waals surface area (Å²) in [4.78, 5) is 14.2. The molecule has 1 unspecified atom stereocenters. The van der Waals surface area contributed by atoms with Crippen LogP contribution >= 0.6 is 0 Å². The Hall–Kier alpha value is -1.60. The van der Waals surface area contributed by atoms with Crippen LogP contribution in [-0.2, 0) is 14.8 Å². The fourth-order valence-corrected chi connectivity index (χ4v) is 4.11. The van der Waals surface area contributed by atoms with Crippen LogP contribution in [0.3, 0.4) is 0 Å². The fraction of sp³-hybridized carbons (Fsp3) is 0.588. The molecule has 0 aliphatic carbocycles. The van der Waals surface area contributed by atoms with Crippen LogP contribution in [0.25, 0.3) is 0 Å². The van der Waals surface area contributed by atoms with E-state index in [1.165, 1.54) is 19.2 Å². The molecule has 0 bridgehead atoms. The van der Waals surface area contributed by atoms with Crippen molar-refractivity contribution < 1.29 is 17.9 Å². The molecule has 1 aromatic rings. The molecule has 1 aliphatic rings. The number of rotatable bonds is 5. The third-order valence-corrected chi connectivity index (χ3v) is 5.59. The van der Waals surface area contributed by atoms with Crippen molar-refractivity contribution in [3.8, 4) is 0 Å². The number of sulfonamides is 1. The lowest BCUT2D eigenvalue weighted by atomic mass is 9.78. The number of benzene rings is 1. The Morgan fingerprint density at radius 3 is 2.71 bits per heavy atom. The normalized spacial score (nSPS) is 21.6. The van der Waals surface area contributed by atoms with Crippen molar-refractivity contribution in [3.05, 3.63) is 23.8 Å². The van der Waals surface area contributed by atoms with Gasteiger partial charge in [0.2, 0.25) is 10.0 Å². The van der Waals surface area contributed by atoms with Crippen LogP contribution in [0.4, 0.5) is 5.69 Å². The number of carbonyl (C=O) groups is 1. The molecule has 1 aliphatic heterocycles. The van der Waals surface area contributed by atoms with E-state index in [1.54, 1.807) is 6.07 Å². The number of nitrogens with zero attached hydrogens (tertiary/aromatic N) is 1. The molecule has 0 saturated carbocycles. The second-order valence-corrected chi connectivity index (χ2v) is 8.36. The summed E-state index contributed by atoms with van der Waals surface area (Å²) in [5.74, 6) is -0.557. The summed E-state index contributed by atoms with van der Waals surface area (Å²) in [6, 6.07) is 4.41. The Labute approximate surface area is 144 Å². The van der Waals surface area contributed by atoms with Crippen LogP contribution in [0.15, 0.2) is 23.1 Å². The predicted molar refractivity (Wildman–Crippen MR) is 93.6 cm³/mol. The van der Waals surface area contributed by atoms with E-state index < -0.39 is 16.0 Å². The molecule has 0 aromatic heterocycles. The van der Waals surface area contributed by atoms with Gasteiger partial charge >= 0.3 is 5.97 Å². The van der Waals surface area contributed by atoms with Gasteiger partial charge in [0.25, 0.3) is 0 Å². The van der Waals surface area contributed by atoms with Gasteiger partial charge < -0.3 is 9.64 Å². The minimum absolute atomic E-state index is 0.0834. The zero-order valence-electron chi connectivity index (χ0n) is 14.5. The number of carbonyl (C=O) groups excluding carboxylic acids is 1. The minimum Gasteiger partial charge on any atom is -0.465 e. The summed E-state index contributed by atoms with van der Waals surface area (Å²) in [5.41, 5.74) is 1.14. The molecule has 0 spiro atoms. The van der Waals surface area contributed by atoms with E-state index in [4.69, 9.17) is 9.88 Å². The van der Waals surface area contributed by atoms with Gasteiger partial charge in [0.15, 0.2) is 0 Å². The molecule has 1 heterocycles. The van der Waals surface area contributed by atoms with Gasteiger partial charge in [-0.15, -0.1) is 0 Å². The molecule has 2 N–H and O–H groups in total. The molecule has 24 heavy (non-hydrogen) atoms. The molecule has 134 valence electrons. The molecular weight excluding hydrogens is 328 g/mol. The van der Waals surface area contributed by atoms with Crippen LogP contribution in [0.2, 0.25) is 0 Å². The maximum Gasteiger partial charge on any atom is 0.340 e. The second kappa shape index (κ2) is 7.11. The first-order chi connectivity index (χ1) is 11.2. The summed E-state index contributed by atoms with van der Waals surface area (Å²) in [5, 5.41) is 5.18. The van der Waals surface area contributed by atoms with E-state index >= 15 is 0 Å². The largest absolute Gasteiger partial charge is 0.465 e. The van der Waals surface area contributed by atoms with Gasteiger partial charge in [0.05, 0.1) is 23.3 Å². The Kier molecular flexibility index (Phi) is 5.55. The molecule has 2 rings (SSSR count). The lowest BCUT2D eigenvalue weighted by Gasteiger charge is -2.42. The van der Waals surface area contributed by atoms with E-state index in [0.717, 1.165) is 38.8 Å². The highest BCUT2D eigenvalue weighted by Gasteiger charge is 2.32. The van der Waals surface area contributed by atoms with Gasteiger partial charge in [-0.3, -0.25) is 0 Å². The number of methoxy groups -OCH3 is 1. The van der Waals surface area contributed by atoms with Crippen LogP contribution in [-0.4, -0.2) is 34.6 Å². The number of ether oxygens (including phenoxy) is 1. The topological polar surface area (TPSA) is 89.7 Å². The van der Waals surface area contributed by atoms with Crippen molar-refractivity contribution in [1.82, 2.24) is 0 Å². The zero-order valence-corrected chi connectivity index (χ0v) is 15.4. The quantitative estimate of drug-likeness (QED) is 0.821. The van der Waals surface area contributed by atoms with Gasteiger partial charge in [-0.25, -0.2) is 18.4 Å². The summed E-state index contributed by atoms with van der Waals surface area (Å²) in [6.45, 7) is 6.10. The highest BCUT2D eigenvalue weighted by atomic mass is 32.2. The standard InChI is InChI=1S/C17H26N2O4S/c1-4-8-17(2)9-5-10-19(12-17)15-7-6-13(24(18,21)22)11-14(15)16(20)23-3/h6-7,11H,4-5,8-10,12H2,1-3H3,(H2,18,21,22). The number of nitrogens with two attached hydrogens (primary N) is 1. The highest BCUT2D eigenvalue weighted by Crippen LogP contribution is 2.37. The number of anilines is 1. The average Bonchev–Trinajstić information content (AvgIpc) is 2.52. The Morgan fingerprint density at radius 2 is 2.12 bits per heavy atom. The number of esters is 1. The van der Waals surface area contributed by atoms with Gasteiger partial charge in [-0.1, -0.05) is 20.3 Å². The number of hydrogen-bond acceptors (Lipinski definition) is 5. The van der Waals surface area contributed by atoms with E-state index in [0.29, 0.717) is 5.69 Å². The van der Waals surface area contributed by atoms with Crippen LogP contribution in [0.1, 0.15) is 49.9 Å². The Morgan fingerprint density at radius 1 is 1.42 bits per heavy atom. The number of primary sulfonamides is 1. The van der Waals surface area contributed by atoms with E-state index in [9.17, 15) is 13.2 Å². The number of piperidine rings is 1. The molecule has 1 aromatic carbocycles. The smallest absolute Gasteiger partial charge is 0.340 e. The molecule has 7 heteroatoms. The molecule has 0 amide bonds. The van der Waals surface area contributed by atoms with Crippen molar-refractivity contribution in [3.63, 3.8) is 0 Å². The molecular formula is C17H26N2O4S. The Balaban J connectivity index is 2.43. The van der Waals surface area contributed by atoms with Gasteiger partial charge in [0.1, 0.15) is 0 Å². The van der Waals surface area contributed by atoms with E-state index in [1.807, 2.05) is 0 Å². The summed E-state index contributed by atoms with van der Waals surface area (Å²) < 4.78 is 28.0. The van der Waals surface area contributed by atoms with Crippen molar-refractivity contribution in [1.29, 1.82) is 0 Å². The first-order valence-electron chi connectivity index (χ1n) is 8.20. The first-order valence-corrected chi connectivity index (χ1v) is 9.75. The molecule has 6 nitrogen and oxygen atoms in total. The molecule has 1 fully saturated rings. The third-order valence-electron chi connectivity index (χ3n) is 4.68. The lowest BCUT2D eigenvalue weighted by molar-refractivity contribution is 0.0600. The summed E-state index contributed by atoms with van der Waals surface area (Å²) in [7, 11) is -2.59. The maximum atomic E-state index is 12.2. The van der Waals surface area contributed by atoms with Gasteiger partial charge in [-0.2, -0.15) is 0 Å².